The van der Waals surface area contributed by atoms with Crippen LogP contribution >= 0.6 is 0 Å². The fraction of sp³-hybridized carbons (Fsp3) is 0.304. The van der Waals surface area contributed by atoms with Gasteiger partial charge in [0.25, 0.3) is 10.0 Å². The monoisotopic (exact) mass is 509 g/mol. The predicted molar refractivity (Wildman–Crippen MR) is 128 cm³/mol. The molecule has 0 heterocycles. The minimum Gasteiger partial charge on any atom is -0.496 e. The van der Waals surface area contributed by atoms with Crippen molar-refractivity contribution in [3.05, 3.63) is 41.3 Å². The first-order valence-corrected chi connectivity index (χ1v) is 11.8. The van der Waals surface area contributed by atoms with Crippen molar-refractivity contribution < 1.29 is 46.8 Å². The summed E-state index contributed by atoms with van der Waals surface area (Å²) in [7, 11) is 1.70. The summed E-state index contributed by atoms with van der Waals surface area (Å²) in [5.41, 5.74) is 0.490. The maximum atomic E-state index is 12.7. The summed E-state index contributed by atoms with van der Waals surface area (Å²) in [5, 5.41) is 9.61. The molecule has 0 saturated carbocycles. The van der Waals surface area contributed by atoms with Crippen LogP contribution in [-0.2, 0) is 19.6 Å². The van der Waals surface area contributed by atoms with Crippen molar-refractivity contribution in [2.75, 3.05) is 33.2 Å². The van der Waals surface area contributed by atoms with Gasteiger partial charge in [0.05, 0.1) is 45.1 Å². The van der Waals surface area contributed by atoms with Crippen LogP contribution in [0.3, 0.4) is 0 Å². The van der Waals surface area contributed by atoms with E-state index in [1.165, 1.54) is 52.7 Å². The minimum absolute atomic E-state index is 0.0181. The molecule has 2 aromatic rings. The average molecular weight is 510 g/mol. The van der Waals surface area contributed by atoms with Crippen molar-refractivity contribution in [1.29, 1.82) is 0 Å². The van der Waals surface area contributed by atoms with Gasteiger partial charge in [-0.05, 0) is 24.6 Å². The van der Waals surface area contributed by atoms with E-state index in [1.807, 2.05) is 0 Å². The predicted octanol–water partition coefficient (Wildman–Crippen LogP) is 3.29. The second-order valence-electron chi connectivity index (χ2n) is 6.98. The van der Waals surface area contributed by atoms with E-state index in [0.29, 0.717) is 22.8 Å². The minimum atomic E-state index is -4.01. The van der Waals surface area contributed by atoms with Gasteiger partial charge in [0.2, 0.25) is 0 Å². The number of carboxylic acid groups (broad SMARTS) is 1. The molecule has 2 N–H and O–H groups in total. The number of hydrogen-bond donors (Lipinski definition) is 2. The molecule has 0 amide bonds. The average Bonchev–Trinajstić information content (AvgIpc) is 2.81. The molecule has 0 aliphatic rings. The lowest BCUT2D eigenvalue weighted by Gasteiger charge is -2.13. The maximum Gasteiger partial charge on any atom is 0.311 e. The van der Waals surface area contributed by atoms with E-state index in [2.05, 4.69) is 4.72 Å². The van der Waals surface area contributed by atoms with Crippen molar-refractivity contribution in [2.24, 2.45) is 0 Å². The van der Waals surface area contributed by atoms with Gasteiger partial charge in [-0.25, -0.2) is 8.42 Å². The number of methoxy groups -OCH3 is 4. The molecule has 0 bridgehead atoms. The third-order valence-corrected chi connectivity index (χ3v) is 5.60. The van der Waals surface area contributed by atoms with Crippen LogP contribution in [0.2, 0.25) is 0 Å². The van der Waals surface area contributed by atoms with Crippen LogP contribution in [0, 0.1) is 0 Å². The van der Waals surface area contributed by atoms with Crippen LogP contribution in [0.4, 0.5) is 5.69 Å². The van der Waals surface area contributed by atoms with Crippen molar-refractivity contribution in [2.45, 2.75) is 19.3 Å². The summed E-state index contributed by atoms with van der Waals surface area (Å²) >= 11 is 0. The van der Waals surface area contributed by atoms with Crippen LogP contribution < -0.4 is 28.4 Å². The molecule has 0 aliphatic carbocycles. The fourth-order valence-corrected chi connectivity index (χ4v) is 3.77. The number of carbonyl (C=O) groups excluding carboxylic acids is 1. The van der Waals surface area contributed by atoms with Gasteiger partial charge < -0.3 is 28.8 Å². The molecule has 2 rings (SSSR count). The highest BCUT2D eigenvalue weighted by atomic mass is 32.2. The molecular formula is C23H27NO10S. The van der Waals surface area contributed by atoms with Gasteiger partial charge >= 0.3 is 11.9 Å². The molecule has 0 aromatic heterocycles. The summed E-state index contributed by atoms with van der Waals surface area (Å²) < 4.78 is 53.9. The Morgan fingerprint density at radius 3 is 2.06 bits per heavy atom. The number of carboxylic acids is 1. The molecule has 0 saturated heterocycles. The maximum absolute atomic E-state index is 12.7. The van der Waals surface area contributed by atoms with Gasteiger partial charge in [-0.1, -0.05) is 0 Å². The quantitative estimate of drug-likeness (QED) is 0.304. The summed E-state index contributed by atoms with van der Waals surface area (Å²) in [4.78, 5) is 22.6. The number of aliphatic carboxylic acids is 1. The first kappa shape index (κ1) is 27.3. The summed E-state index contributed by atoms with van der Waals surface area (Å²) in [5.74, 6) is -0.366. The van der Waals surface area contributed by atoms with Gasteiger partial charge in [0.15, 0.2) is 11.5 Å². The zero-order chi connectivity index (χ0) is 26.0. The molecule has 12 heteroatoms. The number of benzene rings is 2. The molecule has 0 fully saturated rings. The van der Waals surface area contributed by atoms with E-state index >= 15 is 0 Å². The number of carbonyl (C=O) groups is 2. The van der Waals surface area contributed by atoms with Crippen molar-refractivity contribution in [3.63, 3.8) is 0 Å². The lowest BCUT2D eigenvalue weighted by Crippen LogP contribution is -2.11. The molecule has 2 aromatic carbocycles. The number of esters is 1. The molecule has 0 atom stereocenters. The Labute approximate surface area is 203 Å². The molecule has 190 valence electrons. The van der Waals surface area contributed by atoms with Crippen LogP contribution in [0.5, 0.6) is 28.7 Å². The lowest BCUT2D eigenvalue weighted by molar-refractivity contribution is -0.137. The normalized spacial score (nSPS) is 11.1. The first-order valence-electron chi connectivity index (χ1n) is 10.2. The standard InChI is InChI=1S/C23H27NO10S/c1-30-16-13-19(32-3)17(20(14-16)33-4)10-11-35(28,29)24-15-8-9-18(31-2)21(12-15)34-23(27)7-5-6-22(25)26/h8-14,24H,5-7H2,1-4H3,(H,25,26)/b11-10+. The number of sulfonamides is 1. The number of ether oxygens (including phenoxy) is 5. The SMILES string of the molecule is COc1cc(OC)c(/C=C/S(=O)(=O)Nc2ccc(OC)c(OC(=O)CCCC(=O)O)c2)c(OC)c1. The Bertz CT molecular complexity index is 1170. The van der Waals surface area contributed by atoms with Crippen LogP contribution in [0.1, 0.15) is 24.8 Å². The van der Waals surface area contributed by atoms with Gasteiger partial charge in [-0.15, -0.1) is 0 Å². The van der Waals surface area contributed by atoms with E-state index in [4.69, 9.17) is 28.8 Å². The van der Waals surface area contributed by atoms with Crippen molar-refractivity contribution >= 4 is 33.7 Å². The number of rotatable bonds is 13. The summed E-state index contributed by atoms with van der Waals surface area (Å²) in [6, 6.07) is 7.32. The Kier molecular flexibility index (Phi) is 9.76. The molecule has 0 unspecified atom stereocenters. The largest absolute Gasteiger partial charge is 0.496 e. The molecule has 35 heavy (non-hydrogen) atoms. The van der Waals surface area contributed by atoms with Gasteiger partial charge in [-0.3, -0.25) is 14.3 Å². The Morgan fingerprint density at radius 1 is 0.886 bits per heavy atom. The topological polar surface area (TPSA) is 147 Å². The highest BCUT2D eigenvalue weighted by molar-refractivity contribution is 7.95. The third kappa shape index (κ3) is 8.10. The second kappa shape index (κ2) is 12.5. The van der Waals surface area contributed by atoms with Crippen LogP contribution in [-0.4, -0.2) is 53.9 Å². The zero-order valence-electron chi connectivity index (χ0n) is 19.7. The fourth-order valence-electron chi connectivity index (χ4n) is 2.93. The Hall–Kier alpha value is -3.93. The highest BCUT2D eigenvalue weighted by Gasteiger charge is 2.16. The zero-order valence-corrected chi connectivity index (χ0v) is 20.5. The van der Waals surface area contributed by atoms with Gasteiger partial charge in [-0.2, -0.15) is 0 Å². The summed E-state index contributed by atoms with van der Waals surface area (Å²) in [6.07, 6.45) is 1.11. The van der Waals surface area contributed by atoms with Crippen molar-refractivity contribution in [3.8, 4) is 28.7 Å². The molecule has 0 radical (unpaired) electrons. The number of anilines is 1. The van der Waals surface area contributed by atoms with Crippen LogP contribution in [0.25, 0.3) is 6.08 Å². The molecule has 11 nitrogen and oxygen atoms in total. The van der Waals surface area contributed by atoms with E-state index in [-0.39, 0.29) is 36.4 Å². The van der Waals surface area contributed by atoms with E-state index < -0.39 is 22.0 Å². The molecular weight excluding hydrogens is 482 g/mol. The second-order valence-corrected chi connectivity index (χ2v) is 8.55. The highest BCUT2D eigenvalue weighted by Crippen LogP contribution is 2.35. The van der Waals surface area contributed by atoms with Crippen LogP contribution in [0.15, 0.2) is 35.7 Å². The van der Waals surface area contributed by atoms with Gasteiger partial charge in [0, 0.05) is 31.0 Å². The lowest BCUT2D eigenvalue weighted by atomic mass is 10.1. The third-order valence-electron chi connectivity index (χ3n) is 4.59. The van der Waals surface area contributed by atoms with E-state index in [1.54, 1.807) is 12.1 Å². The van der Waals surface area contributed by atoms with Gasteiger partial charge in [0.1, 0.15) is 17.2 Å². The van der Waals surface area contributed by atoms with E-state index in [0.717, 1.165) is 5.41 Å². The molecule has 0 aliphatic heterocycles. The van der Waals surface area contributed by atoms with Crippen molar-refractivity contribution in [1.82, 2.24) is 0 Å². The summed E-state index contributed by atoms with van der Waals surface area (Å²) in [6.45, 7) is 0. The van der Waals surface area contributed by atoms with E-state index in [9.17, 15) is 18.0 Å². The number of nitrogens with one attached hydrogen (secondary N) is 1. The Morgan fingerprint density at radius 2 is 1.51 bits per heavy atom. The number of hydrogen-bond acceptors (Lipinski definition) is 9. The Balaban J connectivity index is 2.23. The molecule has 0 spiro atoms. The smallest absolute Gasteiger partial charge is 0.311 e. The first-order chi connectivity index (χ1) is 16.6.